The Labute approximate surface area is 207 Å². The van der Waals surface area contributed by atoms with Gasteiger partial charge in [-0.25, -0.2) is 4.98 Å². The maximum Gasteiger partial charge on any atom is 0.224 e. The van der Waals surface area contributed by atoms with Crippen LogP contribution in [0.15, 0.2) is 66.0 Å². The van der Waals surface area contributed by atoms with E-state index in [1.807, 2.05) is 55.5 Å². The van der Waals surface area contributed by atoms with Crippen molar-refractivity contribution in [2.75, 3.05) is 6.54 Å². The Balaban J connectivity index is 1.48. The minimum atomic E-state index is 0.0409. The van der Waals surface area contributed by atoms with Gasteiger partial charge in [-0.05, 0) is 18.4 Å². The van der Waals surface area contributed by atoms with Crippen LogP contribution in [-0.2, 0) is 22.6 Å². The van der Waals surface area contributed by atoms with Crippen molar-refractivity contribution >= 4 is 23.0 Å². The van der Waals surface area contributed by atoms with Gasteiger partial charge in [0.2, 0.25) is 5.91 Å². The molecule has 2 N–H and O–H groups in total. The molecule has 0 aliphatic rings. The maximum absolute atomic E-state index is 12.6. The standard InChI is InChI=1S/C28H35N3O2S/c1-2-26(32)17-11-5-10-16-24(30-27(33)18-22-12-6-3-7-13-22)19-29-20-25-21-34-28(31-25)23-14-8-4-9-15-23/h3-4,6-9,12-15,21,24,29H,2,5,10-11,16-20H2,1H3,(H,30,33). The van der Waals surface area contributed by atoms with E-state index in [4.69, 9.17) is 4.98 Å². The third-order valence-electron chi connectivity index (χ3n) is 5.74. The van der Waals surface area contributed by atoms with Gasteiger partial charge in [0.15, 0.2) is 0 Å². The molecular formula is C28H35N3O2S. The van der Waals surface area contributed by atoms with Crippen LogP contribution >= 0.6 is 11.3 Å². The van der Waals surface area contributed by atoms with Gasteiger partial charge in [0, 0.05) is 42.9 Å². The first-order valence-electron chi connectivity index (χ1n) is 12.2. The van der Waals surface area contributed by atoms with Crippen molar-refractivity contribution in [1.82, 2.24) is 15.6 Å². The third-order valence-corrected chi connectivity index (χ3v) is 6.68. The number of amides is 1. The van der Waals surface area contributed by atoms with Gasteiger partial charge in [-0.15, -0.1) is 11.3 Å². The Morgan fingerprint density at radius 3 is 2.44 bits per heavy atom. The van der Waals surface area contributed by atoms with Crippen LogP contribution in [0.2, 0.25) is 0 Å². The molecule has 3 aromatic rings. The van der Waals surface area contributed by atoms with E-state index in [-0.39, 0.29) is 11.9 Å². The van der Waals surface area contributed by atoms with Gasteiger partial charge in [-0.1, -0.05) is 80.4 Å². The van der Waals surface area contributed by atoms with Crippen LogP contribution in [0.3, 0.4) is 0 Å². The minimum absolute atomic E-state index is 0.0409. The lowest BCUT2D eigenvalue weighted by atomic mass is 10.0. The predicted octanol–water partition coefficient (Wildman–Crippen LogP) is 5.56. The van der Waals surface area contributed by atoms with Crippen LogP contribution in [-0.4, -0.2) is 29.3 Å². The first-order valence-corrected chi connectivity index (χ1v) is 13.1. The summed E-state index contributed by atoms with van der Waals surface area (Å²) < 4.78 is 0. The summed E-state index contributed by atoms with van der Waals surface area (Å²) in [5.41, 5.74) is 3.16. The van der Waals surface area contributed by atoms with Crippen LogP contribution < -0.4 is 10.6 Å². The lowest BCUT2D eigenvalue weighted by molar-refractivity contribution is -0.121. The quantitative estimate of drug-likeness (QED) is 0.281. The molecule has 1 amide bonds. The summed E-state index contributed by atoms with van der Waals surface area (Å²) in [5.74, 6) is 0.367. The molecule has 0 aliphatic carbocycles. The Morgan fingerprint density at radius 1 is 0.971 bits per heavy atom. The smallest absolute Gasteiger partial charge is 0.224 e. The van der Waals surface area contributed by atoms with Gasteiger partial charge in [0.1, 0.15) is 10.8 Å². The normalized spacial score (nSPS) is 11.8. The zero-order chi connectivity index (χ0) is 24.0. The van der Waals surface area contributed by atoms with E-state index >= 15 is 0 Å². The number of carbonyl (C=O) groups is 2. The number of benzene rings is 2. The molecule has 34 heavy (non-hydrogen) atoms. The number of hydrogen-bond donors (Lipinski definition) is 2. The van der Waals surface area contributed by atoms with E-state index in [1.54, 1.807) is 11.3 Å². The Kier molecular flexibility index (Phi) is 10.9. The van der Waals surface area contributed by atoms with Crippen molar-refractivity contribution in [2.45, 2.75) is 64.5 Å². The second kappa shape index (κ2) is 14.4. The van der Waals surface area contributed by atoms with Gasteiger partial charge in [0.25, 0.3) is 0 Å². The summed E-state index contributed by atoms with van der Waals surface area (Å²) in [6, 6.07) is 20.1. The van der Waals surface area contributed by atoms with Crippen molar-refractivity contribution in [3.05, 3.63) is 77.3 Å². The van der Waals surface area contributed by atoms with E-state index < -0.39 is 0 Å². The second-order valence-electron chi connectivity index (χ2n) is 8.56. The minimum Gasteiger partial charge on any atom is -0.352 e. The average Bonchev–Trinajstić information content (AvgIpc) is 3.33. The number of aromatic nitrogens is 1. The highest BCUT2D eigenvalue weighted by Gasteiger charge is 2.13. The maximum atomic E-state index is 12.6. The van der Waals surface area contributed by atoms with E-state index in [0.29, 0.717) is 38.1 Å². The van der Waals surface area contributed by atoms with Crippen molar-refractivity contribution in [1.29, 1.82) is 0 Å². The number of hydrogen-bond acceptors (Lipinski definition) is 5. The number of thiazole rings is 1. The first-order chi connectivity index (χ1) is 16.6. The monoisotopic (exact) mass is 477 g/mol. The van der Waals surface area contributed by atoms with Gasteiger partial charge < -0.3 is 10.6 Å². The molecule has 1 unspecified atom stereocenters. The van der Waals surface area contributed by atoms with Crippen molar-refractivity contribution in [3.8, 4) is 10.6 Å². The third kappa shape index (κ3) is 9.20. The second-order valence-corrected chi connectivity index (χ2v) is 9.42. The van der Waals surface area contributed by atoms with E-state index in [9.17, 15) is 9.59 Å². The molecule has 0 aliphatic heterocycles. The van der Waals surface area contributed by atoms with Gasteiger partial charge in [-0.3, -0.25) is 9.59 Å². The molecule has 180 valence electrons. The number of rotatable bonds is 15. The number of Topliss-reactive ketones (excluding diaryl/α,β-unsaturated/α-hetero) is 1. The molecular weight excluding hydrogens is 442 g/mol. The molecule has 0 radical (unpaired) electrons. The molecule has 0 saturated carbocycles. The summed E-state index contributed by atoms with van der Waals surface area (Å²) in [7, 11) is 0. The molecule has 0 fully saturated rings. The fraction of sp³-hybridized carbons (Fsp3) is 0.393. The van der Waals surface area contributed by atoms with Crippen molar-refractivity contribution < 1.29 is 9.59 Å². The highest BCUT2D eigenvalue weighted by Crippen LogP contribution is 2.23. The topological polar surface area (TPSA) is 71.1 Å². The number of ketones is 1. The molecule has 1 aromatic heterocycles. The predicted molar refractivity (Wildman–Crippen MR) is 140 cm³/mol. The summed E-state index contributed by atoms with van der Waals surface area (Å²) >= 11 is 1.65. The number of unbranched alkanes of at least 4 members (excludes halogenated alkanes) is 2. The SMILES string of the molecule is CCC(=O)CCCCCC(CNCc1csc(-c2ccccc2)n1)NC(=O)Cc1ccccc1. The Hall–Kier alpha value is -2.83. The zero-order valence-corrected chi connectivity index (χ0v) is 20.8. The molecule has 5 nitrogen and oxygen atoms in total. The summed E-state index contributed by atoms with van der Waals surface area (Å²) in [5, 5.41) is 9.79. The summed E-state index contributed by atoms with van der Waals surface area (Å²) in [4.78, 5) is 28.9. The van der Waals surface area contributed by atoms with Crippen LogP contribution in [0.25, 0.3) is 10.6 Å². The first kappa shape index (κ1) is 25.8. The Bertz CT molecular complexity index is 1000. The largest absolute Gasteiger partial charge is 0.352 e. The van der Waals surface area contributed by atoms with Gasteiger partial charge in [0.05, 0.1) is 12.1 Å². The lowest BCUT2D eigenvalue weighted by Crippen LogP contribution is -2.42. The van der Waals surface area contributed by atoms with Crippen molar-refractivity contribution in [3.63, 3.8) is 0 Å². The fourth-order valence-corrected chi connectivity index (χ4v) is 4.65. The molecule has 2 aromatic carbocycles. The number of nitrogens with one attached hydrogen (secondary N) is 2. The van der Waals surface area contributed by atoms with E-state index in [2.05, 4.69) is 28.1 Å². The van der Waals surface area contributed by atoms with Gasteiger partial charge >= 0.3 is 0 Å². The average molecular weight is 478 g/mol. The molecule has 3 rings (SSSR count). The molecule has 0 bridgehead atoms. The van der Waals surface area contributed by atoms with E-state index in [0.717, 1.165) is 47.5 Å². The fourth-order valence-electron chi connectivity index (χ4n) is 3.83. The lowest BCUT2D eigenvalue weighted by Gasteiger charge is -2.19. The van der Waals surface area contributed by atoms with Crippen molar-refractivity contribution in [2.24, 2.45) is 0 Å². The molecule has 1 atom stereocenters. The highest BCUT2D eigenvalue weighted by atomic mass is 32.1. The molecule has 1 heterocycles. The Morgan fingerprint density at radius 2 is 1.71 bits per heavy atom. The number of carbonyl (C=O) groups excluding carboxylic acids is 2. The summed E-state index contributed by atoms with van der Waals surface area (Å²) in [6.45, 7) is 3.27. The van der Waals surface area contributed by atoms with Crippen LogP contribution in [0.4, 0.5) is 0 Å². The van der Waals surface area contributed by atoms with Crippen LogP contribution in [0.1, 0.15) is 56.7 Å². The molecule has 0 spiro atoms. The van der Waals surface area contributed by atoms with Crippen LogP contribution in [0, 0.1) is 0 Å². The van der Waals surface area contributed by atoms with E-state index in [1.165, 1.54) is 0 Å². The van der Waals surface area contributed by atoms with Gasteiger partial charge in [-0.2, -0.15) is 0 Å². The summed E-state index contributed by atoms with van der Waals surface area (Å²) in [6.07, 6.45) is 5.46. The zero-order valence-electron chi connectivity index (χ0n) is 20.0. The molecule has 0 saturated heterocycles. The highest BCUT2D eigenvalue weighted by molar-refractivity contribution is 7.13. The van der Waals surface area contributed by atoms with Crippen LogP contribution in [0.5, 0.6) is 0 Å². The molecule has 6 heteroatoms. The number of nitrogens with zero attached hydrogens (tertiary/aromatic N) is 1.